The van der Waals surface area contributed by atoms with Crippen LogP contribution in [0.4, 0.5) is 17.1 Å². The summed E-state index contributed by atoms with van der Waals surface area (Å²) in [5.41, 5.74) is 4.44. The second kappa shape index (κ2) is 19.0. The van der Waals surface area contributed by atoms with Crippen LogP contribution in [-0.4, -0.2) is 87.2 Å². The molecule has 1 aliphatic rings. The number of rotatable bonds is 16. The van der Waals surface area contributed by atoms with Crippen molar-refractivity contribution in [2.45, 2.75) is 41.0 Å². The van der Waals surface area contributed by atoms with E-state index in [0.29, 0.717) is 11.4 Å². The van der Waals surface area contributed by atoms with E-state index >= 15 is 0 Å². The number of carbonyl (C=O) groups excluding carboxylic acids is 1. The number of hydrogen-bond donors (Lipinski definition) is 2. The molecule has 1 aliphatic heterocycles. The number of nitro benzene ring substituents is 1. The fourth-order valence-corrected chi connectivity index (χ4v) is 9.04. The van der Waals surface area contributed by atoms with Gasteiger partial charge in [-0.1, -0.05) is 73.1 Å². The van der Waals surface area contributed by atoms with Crippen LogP contribution in [0.15, 0.2) is 131 Å². The molecule has 0 aliphatic carbocycles. The van der Waals surface area contributed by atoms with Crippen molar-refractivity contribution in [2.75, 3.05) is 57.0 Å². The predicted octanol–water partition coefficient (Wildman–Crippen LogP) is 8.27. The molecule has 0 spiro atoms. The summed E-state index contributed by atoms with van der Waals surface area (Å²) >= 11 is 7.77. The Bertz CT molecular complexity index is 2250. The second-order valence-corrected chi connectivity index (χ2v) is 17.9. The lowest BCUT2D eigenvalue weighted by Gasteiger charge is -2.36. The maximum Gasteiger partial charge on any atom is 0.293 e. The maximum absolute atomic E-state index is 13.4. The highest BCUT2D eigenvalue weighted by Crippen LogP contribution is 2.33. The number of nitrogens with one attached hydrogen (secondary N) is 2. The van der Waals surface area contributed by atoms with Crippen LogP contribution in [0.3, 0.4) is 0 Å². The molecule has 57 heavy (non-hydrogen) atoms. The number of halogens is 1. The number of hydrogen-bond acceptors (Lipinski definition) is 10. The van der Waals surface area contributed by atoms with Crippen LogP contribution in [-0.2, 0) is 16.6 Å². The van der Waals surface area contributed by atoms with E-state index in [0.717, 1.165) is 61.5 Å². The highest BCUT2D eigenvalue weighted by Gasteiger charge is 2.27. The average Bonchev–Trinajstić information content (AvgIpc) is 3.20. The normalized spacial score (nSPS) is 14.6. The van der Waals surface area contributed by atoms with Gasteiger partial charge in [-0.05, 0) is 104 Å². The van der Waals surface area contributed by atoms with E-state index in [9.17, 15) is 23.3 Å². The number of sulfonamides is 1. The molecule has 1 amide bonds. The Kier molecular flexibility index (Phi) is 13.9. The maximum atomic E-state index is 13.4. The molecule has 1 saturated heterocycles. The molecule has 1 heterocycles. The van der Waals surface area contributed by atoms with Crippen molar-refractivity contribution in [2.24, 2.45) is 0 Å². The van der Waals surface area contributed by atoms with Crippen LogP contribution in [0, 0.1) is 10.1 Å². The number of carbonyl (C=O) groups is 1. The van der Waals surface area contributed by atoms with Gasteiger partial charge in [0.05, 0.1) is 9.82 Å². The van der Waals surface area contributed by atoms with Gasteiger partial charge in [-0.25, -0.2) is 13.1 Å². The second-order valence-electron chi connectivity index (χ2n) is 14.3. The summed E-state index contributed by atoms with van der Waals surface area (Å²) in [6, 6.07) is 36.5. The first-order chi connectivity index (χ1) is 27.4. The smallest absolute Gasteiger partial charge is 0.293 e. The minimum Gasteiger partial charge on any atom is -0.376 e. The van der Waals surface area contributed by atoms with Crippen LogP contribution < -0.4 is 14.9 Å². The van der Waals surface area contributed by atoms with E-state index in [1.54, 1.807) is 23.9 Å². The van der Waals surface area contributed by atoms with Crippen molar-refractivity contribution in [3.63, 3.8) is 0 Å². The van der Waals surface area contributed by atoms with E-state index in [-0.39, 0.29) is 27.4 Å². The number of nitro groups is 1. The molecule has 6 rings (SSSR count). The van der Waals surface area contributed by atoms with Crippen LogP contribution in [0.2, 0.25) is 5.02 Å². The monoisotopic (exact) mass is 826 g/mol. The van der Waals surface area contributed by atoms with Gasteiger partial charge >= 0.3 is 0 Å². The summed E-state index contributed by atoms with van der Waals surface area (Å²) in [7, 11) is -0.511. The quantitative estimate of drug-likeness (QED) is 0.0570. The predicted molar refractivity (Wildman–Crippen MR) is 231 cm³/mol. The van der Waals surface area contributed by atoms with E-state index in [4.69, 9.17) is 11.6 Å². The van der Waals surface area contributed by atoms with Gasteiger partial charge in [-0.3, -0.25) is 19.8 Å². The zero-order chi connectivity index (χ0) is 40.5. The Morgan fingerprint density at radius 3 is 2.23 bits per heavy atom. The number of amides is 1. The number of nitrogens with zero attached hydrogens (tertiary/aromatic N) is 4. The largest absolute Gasteiger partial charge is 0.376 e. The molecular weight excluding hydrogens is 780 g/mol. The van der Waals surface area contributed by atoms with E-state index in [1.165, 1.54) is 23.3 Å². The highest BCUT2D eigenvalue weighted by atomic mass is 35.5. The summed E-state index contributed by atoms with van der Waals surface area (Å²) in [6.45, 7) is 6.87. The fraction of sp³-hybridized carbons (Fsp3) is 0.279. The lowest BCUT2D eigenvalue weighted by Crippen LogP contribution is -2.46. The Morgan fingerprint density at radius 1 is 0.895 bits per heavy atom. The number of benzene rings is 5. The van der Waals surface area contributed by atoms with Crippen LogP contribution >= 0.6 is 23.4 Å². The summed E-state index contributed by atoms with van der Waals surface area (Å²) in [4.78, 5) is 32.2. The van der Waals surface area contributed by atoms with Gasteiger partial charge < -0.3 is 15.1 Å². The molecular formula is C43H47ClN6O5S2. The Morgan fingerprint density at radius 2 is 1.56 bits per heavy atom. The Labute approximate surface area is 344 Å². The standard InChI is InChI=1S/C43H47ClN6O5S2/c1-31(56-37-10-5-4-6-11-37)40(23-24-47(2)3)45-41-22-21-38(29-42(41)50(52)53)57(54,55)46-43(51)33-15-19-36(20-16-33)49-27-25-48(26-28-49)30-34-9-7-8-12-39(34)32-13-17-35(44)18-14-32/h4-22,29,31,40,45H,23-28,30H2,1-3H3,(H,46,51)/t31?,40-/m1/s1. The van der Waals surface area contributed by atoms with Crippen molar-refractivity contribution >= 4 is 56.4 Å². The summed E-state index contributed by atoms with van der Waals surface area (Å²) in [5.74, 6) is -0.828. The molecule has 1 fully saturated rings. The van der Waals surface area contributed by atoms with E-state index < -0.39 is 26.5 Å². The van der Waals surface area contributed by atoms with E-state index in [1.807, 2.05) is 91.8 Å². The number of anilines is 2. The molecule has 14 heteroatoms. The minimum absolute atomic E-state index is 0.0279. The van der Waals surface area contributed by atoms with Gasteiger partial charge in [0.2, 0.25) is 0 Å². The average molecular weight is 827 g/mol. The van der Waals surface area contributed by atoms with Crippen molar-refractivity contribution in [1.82, 2.24) is 14.5 Å². The molecule has 0 aromatic heterocycles. The summed E-state index contributed by atoms with van der Waals surface area (Å²) < 4.78 is 28.9. The van der Waals surface area contributed by atoms with Crippen molar-refractivity contribution < 1.29 is 18.1 Å². The minimum atomic E-state index is -4.44. The van der Waals surface area contributed by atoms with Gasteiger partial charge in [-0.15, -0.1) is 11.8 Å². The molecule has 0 radical (unpaired) electrons. The lowest BCUT2D eigenvalue weighted by molar-refractivity contribution is -0.384. The van der Waals surface area contributed by atoms with Crippen LogP contribution in [0.1, 0.15) is 29.3 Å². The first-order valence-electron chi connectivity index (χ1n) is 18.8. The Balaban J connectivity index is 1.07. The third-order valence-electron chi connectivity index (χ3n) is 10.00. The molecule has 5 aromatic rings. The van der Waals surface area contributed by atoms with Crippen LogP contribution in [0.5, 0.6) is 0 Å². The van der Waals surface area contributed by atoms with Gasteiger partial charge in [0.15, 0.2) is 0 Å². The molecule has 2 N–H and O–H groups in total. The molecule has 1 unspecified atom stereocenters. The SMILES string of the molecule is CC(Sc1ccccc1)[C@@H](CCN(C)C)Nc1ccc(S(=O)(=O)NC(=O)c2ccc(N3CCN(Cc4ccccc4-c4ccc(Cl)cc4)CC3)cc2)cc1[N+](=O)[O-]. The summed E-state index contributed by atoms with van der Waals surface area (Å²) in [6.07, 6.45) is 0.692. The first-order valence-corrected chi connectivity index (χ1v) is 21.5. The zero-order valence-corrected chi connectivity index (χ0v) is 34.6. The van der Waals surface area contributed by atoms with Gasteiger partial charge in [0, 0.05) is 71.3 Å². The third kappa shape index (κ3) is 11.1. The summed E-state index contributed by atoms with van der Waals surface area (Å²) in [5, 5.41) is 16.3. The topological polar surface area (TPSA) is 128 Å². The molecule has 2 atom stereocenters. The van der Waals surface area contributed by atoms with Crippen molar-refractivity contribution in [3.8, 4) is 11.1 Å². The first kappa shape index (κ1) is 41.7. The van der Waals surface area contributed by atoms with Crippen molar-refractivity contribution in [3.05, 3.63) is 148 Å². The number of piperazine rings is 1. The molecule has 298 valence electrons. The molecule has 0 bridgehead atoms. The van der Waals surface area contributed by atoms with Crippen LogP contribution in [0.25, 0.3) is 11.1 Å². The lowest BCUT2D eigenvalue weighted by atomic mass is 9.99. The van der Waals surface area contributed by atoms with Crippen molar-refractivity contribution in [1.29, 1.82) is 0 Å². The zero-order valence-electron chi connectivity index (χ0n) is 32.2. The van der Waals surface area contributed by atoms with Gasteiger partial charge in [0.1, 0.15) is 5.69 Å². The fourth-order valence-electron chi connectivity index (χ4n) is 6.81. The highest BCUT2D eigenvalue weighted by molar-refractivity contribution is 8.00. The molecule has 0 saturated carbocycles. The molecule has 5 aromatic carbocycles. The molecule has 11 nitrogen and oxygen atoms in total. The number of thioether (sulfide) groups is 1. The van der Waals surface area contributed by atoms with Gasteiger partial charge in [-0.2, -0.15) is 0 Å². The Hall–Kier alpha value is -4.92. The van der Waals surface area contributed by atoms with E-state index in [2.05, 4.69) is 45.0 Å². The third-order valence-corrected chi connectivity index (χ3v) is 12.8. The van der Waals surface area contributed by atoms with Gasteiger partial charge in [0.25, 0.3) is 21.6 Å².